The number of hydrogen-bond acceptors (Lipinski definition) is 5. The van der Waals surface area contributed by atoms with E-state index in [-0.39, 0.29) is 10.6 Å². The molecular weight excluding hydrogens is 366 g/mol. The monoisotopic (exact) mass is 387 g/mol. The van der Waals surface area contributed by atoms with Gasteiger partial charge in [-0.3, -0.25) is 4.72 Å². The predicted octanol–water partition coefficient (Wildman–Crippen LogP) is 3.31. The van der Waals surface area contributed by atoms with Crippen LogP contribution in [-0.4, -0.2) is 32.4 Å². The van der Waals surface area contributed by atoms with Gasteiger partial charge in [-0.15, -0.1) is 0 Å². The van der Waals surface area contributed by atoms with Crippen molar-refractivity contribution >= 4 is 15.7 Å². The third kappa shape index (κ3) is 3.90. The van der Waals surface area contributed by atoms with Crippen molar-refractivity contribution in [2.24, 2.45) is 0 Å². The van der Waals surface area contributed by atoms with Gasteiger partial charge in [-0.1, -0.05) is 6.07 Å². The maximum absolute atomic E-state index is 12.9. The summed E-state index contributed by atoms with van der Waals surface area (Å²) in [5.41, 5.74) is 3.03. The molecule has 0 saturated heterocycles. The number of aromatic nitrogens is 2. The molecule has 3 aromatic rings. The van der Waals surface area contributed by atoms with Gasteiger partial charge in [0.25, 0.3) is 10.0 Å². The Morgan fingerprint density at radius 2 is 1.78 bits per heavy atom. The van der Waals surface area contributed by atoms with Crippen LogP contribution in [0.2, 0.25) is 0 Å². The largest absolute Gasteiger partial charge is 0.497 e. The summed E-state index contributed by atoms with van der Waals surface area (Å²) < 4.78 is 40.5. The molecular formula is C19H21N3O4S. The first-order valence-corrected chi connectivity index (χ1v) is 9.71. The fourth-order valence-corrected chi connectivity index (χ4v) is 4.03. The molecule has 1 aromatic heterocycles. The molecule has 27 heavy (non-hydrogen) atoms. The van der Waals surface area contributed by atoms with Gasteiger partial charge < -0.3 is 9.47 Å². The SMILES string of the molecule is COc1ccc(OC)c(S(=O)(=O)Nc2cccc(-n3nc(C)cc3C)c2)c1. The normalized spacial score (nSPS) is 11.3. The topological polar surface area (TPSA) is 82.5 Å². The van der Waals surface area contributed by atoms with Crippen molar-refractivity contribution in [3.8, 4) is 17.2 Å². The number of anilines is 1. The number of nitrogens with zero attached hydrogens (tertiary/aromatic N) is 2. The number of sulfonamides is 1. The standard InChI is InChI=1S/C19H21N3O4S/c1-13-10-14(2)22(20-13)16-7-5-6-15(11-16)21-27(23,24)19-12-17(25-3)8-9-18(19)26-4/h5-12,21H,1-4H3. The van der Waals surface area contributed by atoms with Gasteiger partial charge in [0.15, 0.2) is 0 Å². The Kier molecular flexibility index (Phi) is 5.09. The van der Waals surface area contributed by atoms with Crippen molar-refractivity contribution in [1.29, 1.82) is 0 Å². The molecule has 0 spiro atoms. The molecule has 0 radical (unpaired) electrons. The van der Waals surface area contributed by atoms with E-state index < -0.39 is 10.0 Å². The molecule has 1 N–H and O–H groups in total. The van der Waals surface area contributed by atoms with E-state index in [9.17, 15) is 8.42 Å². The fourth-order valence-electron chi connectivity index (χ4n) is 2.80. The first-order valence-electron chi connectivity index (χ1n) is 8.22. The zero-order valence-corrected chi connectivity index (χ0v) is 16.4. The molecule has 0 unspecified atom stereocenters. The Balaban J connectivity index is 1.98. The second-order valence-electron chi connectivity index (χ2n) is 6.01. The lowest BCUT2D eigenvalue weighted by atomic mass is 10.3. The molecule has 1 heterocycles. The van der Waals surface area contributed by atoms with E-state index in [4.69, 9.17) is 9.47 Å². The molecule has 8 heteroatoms. The van der Waals surface area contributed by atoms with E-state index in [1.54, 1.807) is 35.0 Å². The first kappa shape index (κ1) is 18.8. The maximum Gasteiger partial charge on any atom is 0.265 e. The molecule has 0 fully saturated rings. The molecule has 2 aromatic carbocycles. The highest BCUT2D eigenvalue weighted by Crippen LogP contribution is 2.30. The molecule has 0 bridgehead atoms. The minimum Gasteiger partial charge on any atom is -0.497 e. The number of ether oxygens (including phenoxy) is 2. The van der Waals surface area contributed by atoms with Crippen LogP contribution in [0.1, 0.15) is 11.4 Å². The summed E-state index contributed by atoms with van der Waals surface area (Å²) in [5, 5.41) is 4.43. The van der Waals surface area contributed by atoms with Crippen LogP contribution in [0.5, 0.6) is 11.5 Å². The summed E-state index contributed by atoms with van der Waals surface area (Å²) >= 11 is 0. The summed E-state index contributed by atoms with van der Waals surface area (Å²) in [7, 11) is -0.981. The van der Waals surface area contributed by atoms with Gasteiger partial charge in [-0.25, -0.2) is 13.1 Å². The van der Waals surface area contributed by atoms with E-state index in [0.717, 1.165) is 17.1 Å². The summed E-state index contributed by atoms with van der Waals surface area (Å²) in [6, 6.07) is 13.6. The second kappa shape index (κ2) is 7.32. The van der Waals surface area contributed by atoms with E-state index in [1.807, 2.05) is 26.0 Å². The number of hydrogen-bond donors (Lipinski definition) is 1. The van der Waals surface area contributed by atoms with Gasteiger partial charge in [0.2, 0.25) is 0 Å². The maximum atomic E-state index is 12.9. The first-order chi connectivity index (χ1) is 12.8. The van der Waals surface area contributed by atoms with Crippen LogP contribution in [0, 0.1) is 13.8 Å². The Morgan fingerprint density at radius 3 is 2.41 bits per heavy atom. The second-order valence-corrected chi connectivity index (χ2v) is 7.66. The molecule has 3 rings (SSSR count). The number of aryl methyl sites for hydroxylation is 2. The summed E-state index contributed by atoms with van der Waals surface area (Å²) in [6.45, 7) is 3.85. The van der Waals surface area contributed by atoms with Crippen molar-refractivity contribution in [3.63, 3.8) is 0 Å². The van der Waals surface area contributed by atoms with Gasteiger partial charge in [-0.05, 0) is 50.2 Å². The van der Waals surface area contributed by atoms with E-state index in [0.29, 0.717) is 11.4 Å². The summed E-state index contributed by atoms with van der Waals surface area (Å²) in [4.78, 5) is 0.000803. The average molecular weight is 387 g/mol. The van der Waals surface area contributed by atoms with Crippen molar-refractivity contribution < 1.29 is 17.9 Å². The van der Waals surface area contributed by atoms with E-state index in [2.05, 4.69) is 9.82 Å². The van der Waals surface area contributed by atoms with Crippen LogP contribution in [0.15, 0.2) is 53.4 Å². The van der Waals surface area contributed by atoms with Crippen molar-refractivity contribution in [1.82, 2.24) is 9.78 Å². The Labute approximate surface area is 158 Å². The minimum absolute atomic E-state index is 0.000803. The lowest BCUT2D eigenvalue weighted by molar-refractivity contribution is 0.392. The molecule has 7 nitrogen and oxygen atoms in total. The van der Waals surface area contributed by atoms with Crippen molar-refractivity contribution in [2.75, 3.05) is 18.9 Å². The smallest absolute Gasteiger partial charge is 0.265 e. The van der Waals surface area contributed by atoms with Crippen LogP contribution in [0.25, 0.3) is 5.69 Å². The molecule has 0 aliphatic carbocycles. The van der Waals surface area contributed by atoms with E-state index in [1.165, 1.54) is 20.3 Å². The lowest BCUT2D eigenvalue weighted by Gasteiger charge is -2.13. The van der Waals surface area contributed by atoms with Crippen LogP contribution >= 0.6 is 0 Å². The molecule has 0 saturated carbocycles. The summed E-state index contributed by atoms with van der Waals surface area (Å²) in [6.07, 6.45) is 0. The number of rotatable bonds is 6. The molecule has 0 amide bonds. The number of nitrogens with one attached hydrogen (secondary N) is 1. The Bertz CT molecular complexity index is 1070. The van der Waals surface area contributed by atoms with Gasteiger partial charge in [0.05, 0.1) is 31.3 Å². The van der Waals surface area contributed by atoms with Gasteiger partial charge in [0.1, 0.15) is 16.4 Å². The van der Waals surface area contributed by atoms with Gasteiger partial charge in [0, 0.05) is 11.8 Å². The zero-order chi connectivity index (χ0) is 19.6. The molecule has 0 aliphatic rings. The lowest BCUT2D eigenvalue weighted by Crippen LogP contribution is -2.14. The average Bonchev–Trinajstić information content (AvgIpc) is 2.99. The molecule has 0 aliphatic heterocycles. The highest BCUT2D eigenvalue weighted by molar-refractivity contribution is 7.92. The minimum atomic E-state index is -3.88. The molecule has 142 valence electrons. The van der Waals surface area contributed by atoms with Crippen LogP contribution in [0.3, 0.4) is 0 Å². The highest BCUT2D eigenvalue weighted by Gasteiger charge is 2.21. The van der Waals surface area contributed by atoms with Crippen LogP contribution in [0.4, 0.5) is 5.69 Å². The van der Waals surface area contributed by atoms with Gasteiger partial charge >= 0.3 is 0 Å². The predicted molar refractivity (Wildman–Crippen MR) is 103 cm³/mol. The highest BCUT2D eigenvalue weighted by atomic mass is 32.2. The fraction of sp³-hybridized carbons (Fsp3) is 0.211. The van der Waals surface area contributed by atoms with Crippen molar-refractivity contribution in [2.45, 2.75) is 18.7 Å². The van der Waals surface area contributed by atoms with Crippen LogP contribution < -0.4 is 14.2 Å². The quantitative estimate of drug-likeness (QED) is 0.702. The third-order valence-corrected chi connectivity index (χ3v) is 5.42. The number of methoxy groups -OCH3 is 2. The summed E-state index contributed by atoms with van der Waals surface area (Å²) in [5.74, 6) is 0.658. The Hall–Kier alpha value is -3.00. The van der Waals surface area contributed by atoms with Crippen molar-refractivity contribution in [3.05, 3.63) is 59.9 Å². The zero-order valence-electron chi connectivity index (χ0n) is 15.6. The van der Waals surface area contributed by atoms with Crippen LogP contribution in [-0.2, 0) is 10.0 Å². The Morgan fingerprint density at radius 1 is 1.00 bits per heavy atom. The van der Waals surface area contributed by atoms with Gasteiger partial charge in [-0.2, -0.15) is 5.10 Å². The van der Waals surface area contributed by atoms with E-state index >= 15 is 0 Å². The molecule has 0 atom stereocenters. The third-order valence-electron chi connectivity index (χ3n) is 4.01. The number of benzene rings is 2.